The summed E-state index contributed by atoms with van der Waals surface area (Å²) in [6, 6.07) is 5.93. The van der Waals surface area contributed by atoms with Gasteiger partial charge in [-0.05, 0) is 31.2 Å². The van der Waals surface area contributed by atoms with E-state index in [-0.39, 0.29) is 10.0 Å². The van der Waals surface area contributed by atoms with Crippen molar-refractivity contribution in [1.82, 2.24) is 10.2 Å². The van der Waals surface area contributed by atoms with E-state index in [1.807, 2.05) is 0 Å². The van der Waals surface area contributed by atoms with Gasteiger partial charge < -0.3 is 5.73 Å². The maximum Gasteiger partial charge on any atom is 0.263 e. The molecule has 0 atom stereocenters. The Labute approximate surface area is 127 Å². The number of nitrogens with zero attached hydrogens (tertiary/aromatic N) is 2. The van der Waals surface area contributed by atoms with Crippen LogP contribution in [0.2, 0.25) is 0 Å². The summed E-state index contributed by atoms with van der Waals surface area (Å²) in [7, 11) is -6.23. The molecule has 0 aliphatic carbocycles. The molecule has 2 rings (SSSR count). The summed E-state index contributed by atoms with van der Waals surface area (Å²) >= 11 is 1.18. The van der Waals surface area contributed by atoms with Crippen LogP contribution in [0.3, 0.4) is 0 Å². The minimum Gasteiger partial charge on any atom is -0.399 e. The number of hydrogen-bond acceptors (Lipinski definition) is 8. The number of aromatic nitrogens is 2. The highest BCUT2D eigenvalue weighted by Crippen LogP contribution is 2.19. The van der Waals surface area contributed by atoms with Crippen LogP contribution in [0, 0.1) is 6.92 Å². The molecule has 5 N–H and O–H groups in total. The van der Waals surface area contributed by atoms with E-state index in [9.17, 15) is 8.42 Å². The maximum absolute atomic E-state index is 11.9. The lowest BCUT2D eigenvalue weighted by molar-refractivity contribution is 0.601. The average Bonchev–Trinajstić information content (AvgIpc) is 2.73. The van der Waals surface area contributed by atoms with Crippen molar-refractivity contribution in [2.75, 3.05) is 10.5 Å². The first-order chi connectivity index (χ1) is 9.70. The van der Waals surface area contributed by atoms with Crippen LogP contribution in [-0.2, 0) is 20.9 Å². The molecule has 0 radical (unpaired) electrons. The monoisotopic (exact) mass is 351 g/mol. The Bertz CT molecular complexity index is 759. The van der Waals surface area contributed by atoms with Gasteiger partial charge in [0.1, 0.15) is 5.01 Å². The van der Waals surface area contributed by atoms with Gasteiger partial charge in [0.15, 0.2) is 10.9 Å². The topological polar surface area (TPSA) is 158 Å². The Hall–Kier alpha value is -1.76. The molecule has 21 heavy (non-hydrogen) atoms. The Morgan fingerprint density at radius 2 is 1.71 bits per heavy atom. The summed E-state index contributed by atoms with van der Waals surface area (Å²) in [6.45, 7) is 1.75. The average molecular weight is 351 g/mol. The fraction of sp³-hybridized carbons (Fsp3) is 0.111. The van der Waals surface area contributed by atoms with Crippen LogP contribution in [0.1, 0.15) is 5.01 Å². The van der Waals surface area contributed by atoms with Crippen molar-refractivity contribution in [1.29, 1.82) is 0 Å². The molecule has 0 spiro atoms. The minimum absolute atomic E-state index is 0.138. The third kappa shape index (κ3) is 6.03. The normalized spacial score (nSPS) is 10.8. The number of nitrogens with one attached hydrogen (secondary N) is 1. The number of rotatable bonds is 3. The zero-order valence-electron chi connectivity index (χ0n) is 10.8. The fourth-order valence-electron chi connectivity index (χ4n) is 1.16. The van der Waals surface area contributed by atoms with Gasteiger partial charge in [-0.3, -0.25) is 4.72 Å². The standard InChI is InChI=1S/C9H10N4O2S2.H3NO2S/c1-6-11-12-9(16-6)13-17(14,15)8-4-2-7(10)3-5-8;1-4(2)3/h2-5H,10H2,1H3,(H,12,13);4H,(H2,1,2,3). The smallest absolute Gasteiger partial charge is 0.263 e. The van der Waals surface area contributed by atoms with Crippen LogP contribution in [-0.4, -0.2) is 27.0 Å². The Balaban J connectivity index is 0.000000491. The van der Waals surface area contributed by atoms with Crippen LogP contribution in [0.5, 0.6) is 0 Å². The zero-order chi connectivity index (χ0) is 16.0. The highest BCUT2D eigenvalue weighted by molar-refractivity contribution is 7.93. The molecular weight excluding hydrogens is 338 g/mol. The number of benzene rings is 1. The van der Waals surface area contributed by atoms with Crippen LogP contribution in [0.25, 0.3) is 0 Å². The summed E-state index contributed by atoms with van der Waals surface area (Å²) in [5, 5.41) is 12.4. The second-order valence-corrected chi connectivity index (χ2v) is 7.02. The minimum atomic E-state index is -3.61. The molecular formula is C9H13N5O4S3. The lowest BCUT2D eigenvalue weighted by Crippen LogP contribution is -2.12. The van der Waals surface area contributed by atoms with E-state index >= 15 is 0 Å². The Morgan fingerprint density at radius 3 is 2.14 bits per heavy atom. The van der Waals surface area contributed by atoms with Crippen molar-refractivity contribution < 1.29 is 16.8 Å². The predicted molar refractivity (Wildman–Crippen MR) is 80.8 cm³/mol. The molecule has 0 bridgehead atoms. The van der Waals surface area contributed by atoms with Crippen molar-refractivity contribution in [3.05, 3.63) is 29.3 Å². The first kappa shape index (κ1) is 17.3. The van der Waals surface area contributed by atoms with E-state index in [2.05, 4.69) is 20.1 Å². The summed E-state index contributed by atoms with van der Waals surface area (Å²) in [6.07, 6.45) is 0. The second-order valence-electron chi connectivity index (χ2n) is 3.59. The number of sulfonamides is 1. The van der Waals surface area contributed by atoms with Gasteiger partial charge >= 0.3 is 0 Å². The summed E-state index contributed by atoms with van der Waals surface area (Å²) in [5.41, 5.74) is 6.00. The first-order valence-electron chi connectivity index (χ1n) is 5.28. The summed E-state index contributed by atoms with van der Waals surface area (Å²) < 4.78 is 43.8. The summed E-state index contributed by atoms with van der Waals surface area (Å²) in [5.74, 6) is 0. The van der Waals surface area contributed by atoms with Gasteiger partial charge in [0, 0.05) is 5.69 Å². The molecule has 1 aromatic heterocycles. The van der Waals surface area contributed by atoms with Gasteiger partial charge in [0.25, 0.3) is 10.0 Å². The van der Waals surface area contributed by atoms with E-state index in [4.69, 9.17) is 14.2 Å². The van der Waals surface area contributed by atoms with E-state index in [0.29, 0.717) is 10.7 Å². The molecule has 0 saturated heterocycles. The van der Waals surface area contributed by atoms with Crippen LogP contribution >= 0.6 is 11.3 Å². The molecule has 12 heteroatoms. The molecule has 0 unspecified atom stereocenters. The SMILES string of the molecule is Cc1nnc(NS(=O)(=O)c2ccc(N)cc2)s1.N[SH](=O)=O. The summed E-state index contributed by atoms with van der Waals surface area (Å²) in [4.78, 5) is 0.138. The van der Waals surface area contributed by atoms with E-state index in [1.54, 1.807) is 6.92 Å². The molecule has 0 saturated carbocycles. The molecule has 0 aliphatic heterocycles. The first-order valence-corrected chi connectivity index (χ1v) is 8.83. The molecule has 116 valence electrons. The third-order valence-corrected chi connectivity index (χ3v) is 4.18. The van der Waals surface area contributed by atoms with E-state index < -0.39 is 20.9 Å². The van der Waals surface area contributed by atoms with Crippen LogP contribution in [0.4, 0.5) is 10.8 Å². The highest BCUT2D eigenvalue weighted by Gasteiger charge is 2.15. The van der Waals surface area contributed by atoms with Gasteiger partial charge in [-0.2, -0.15) is 0 Å². The highest BCUT2D eigenvalue weighted by atomic mass is 32.2. The van der Waals surface area contributed by atoms with Crippen LogP contribution < -0.4 is 15.6 Å². The van der Waals surface area contributed by atoms with Gasteiger partial charge in [0.2, 0.25) is 5.13 Å². The maximum atomic E-state index is 11.9. The van der Waals surface area contributed by atoms with Crippen molar-refractivity contribution >= 4 is 43.1 Å². The molecule has 1 aromatic carbocycles. The van der Waals surface area contributed by atoms with E-state index in [0.717, 1.165) is 0 Å². The van der Waals surface area contributed by atoms with Crippen molar-refractivity contribution in [2.45, 2.75) is 11.8 Å². The number of anilines is 2. The number of thiol groups is 1. The number of aryl methyl sites for hydroxylation is 1. The zero-order valence-corrected chi connectivity index (χ0v) is 13.3. The van der Waals surface area contributed by atoms with Crippen molar-refractivity contribution in [3.63, 3.8) is 0 Å². The lowest BCUT2D eigenvalue weighted by atomic mass is 10.3. The van der Waals surface area contributed by atoms with Crippen molar-refractivity contribution in [2.24, 2.45) is 5.14 Å². The number of nitrogens with two attached hydrogens (primary N) is 2. The van der Waals surface area contributed by atoms with Gasteiger partial charge in [-0.1, -0.05) is 11.3 Å². The quantitative estimate of drug-likeness (QED) is 0.436. The van der Waals surface area contributed by atoms with Gasteiger partial charge in [-0.25, -0.2) is 22.0 Å². The molecule has 9 nitrogen and oxygen atoms in total. The molecule has 1 heterocycles. The fourth-order valence-corrected chi connectivity index (χ4v) is 2.98. The molecule has 0 amide bonds. The van der Waals surface area contributed by atoms with Crippen LogP contribution in [0.15, 0.2) is 29.2 Å². The predicted octanol–water partition coefficient (Wildman–Crippen LogP) is -0.299. The Morgan fingerprint density at radius 1 is 1.19 bits per heavy atom. The third-order valence-electron chi connectivity index (χ3n) is 1.94. The molecule has 0 fully saturated rings. The second kappa shape index (κ2) is 7.31. The largest absolute Gasteiger partial charge is 0.399 e. The number of nitrogen functional groups attached to an aromatic ring is 1. The van der Waals surface area contributed by atoms with Gasteiger partial charge in [-0.15, -0.1) is 10.2 Å². The van der Waals surface area contributed by atoms with Crippen molar-refractivity contribution in [3.8, 4) is 0 Å². The molecule has 0 aliphatic rings. The lowest BCUT2D eigenvalue weighted by Gasteiger charge is -2.04. The number of hydrogen-bond donors (Lipinski definition) is 4. The van der Waals surface area contributed by atoms with E-state index in [1.165, 1.54) is 35.6 Å². The molecule has 2 aromatic rings. The Kier molecular flexibility index (Phi) is 6.02. The van der Waals surface area contributed by atoms with Gasteiger partial charge in [0.05, 0.1) is 4.90 Å².